The molecule has 1 saturated carbocycles. The predicted octanol–water partition coefficient (Wildman–Crippen LogP) is 1.04. The molecule has 1 aromatic heterocycles. The van der Waals surface area contributed by atoms with Gasteiger partial charge in [-0.1, -0.05) is 5.16 Å². The van der Waals surface area contributed by atoms with Crippen LogP contribution in [0.3, 0.4) is 0 Å². The van der Waals surface area contributed by atoms with Gasteiger partial charge in [0.2, 0.25) is 0 Å². The Kier molecular flexibility index (Phi) is 4.03. The number of aliphatic hydroxyl groups excluding tert-OH is 1. The van der Waals surface area contributed by atoms with Crippen molar-refractivity contribution in [3.63, 3.8) is 0 Å². The van der Waals surface area contributed by atoms with E-state index in [-0.39, 0.29) is 37.6 Å². The molecule has 20 heavy (non-hydrogen) atoms. The van der Waals surface area contributed by atoms with Crippen LogP contribution >= 0.6 is 0 Å². The first kappa shape index (κ1) is 13.6. The average molecular weight is 281 g/mol. The Labute approximate surface area is 117 Å². The van der Waals surface area contributed by atoms with Gasteiger partial charge in [0.05, 0.1) is 18.4 Å². The topological polar surface area (TPSA) is 81.8 Å². The van der Waals surface area contributed by atoms with Gasteiger partial charge in [0, 0.05) is 24.5 Å². The summed E-state index contributed by atoms with van der Waals surface area (Å²) in [6.07, 6.45) is 3.05. The molecule has 6 nitrogen and oxygen atoms in total. The minimum Gasteiger partial charge on any atom is -0.463 e. The fourth-order valence-electron chi connectivity index (χ4n) is 2.39. The van der Waals surface area contributed by atoms with Crippen LogP contribution in [0.4, 0.5) is 0 Å². The molecular weight excluding hydrogens is 262 g/mol. The van der Waals surface area contributed by atoms with Gasteiger partial charge in [-0.05, 0) is 19.3 Å². The molecule has 1 saturated heterocycles. The largest absolute Gasteiger partial charge is 0.463 e. The summed E-state index contributed by atoms with van der Waals surface area (Å²) in [5.41, 5.74) is 0.942. The third-order valence-corrected chi connectivity index (χ3v) is 3.74. The predicted molar refractivity (Wildman–Crippen MR) is 68.1 cm³/mol. The van der Waals surface area contributed by atoms with Gasteiger partial charge < -0.3 is 19.1 Å². The zero-order chi connectivity index (χ0) is 13.9. The molecule has 1 aliphatic heterocycles. The number of hydrogen-bond donors (Lipinski definition) is 1. The maximum atomic E-state index is 11.7. The van der Waals surface area contributed by atoms with Crippen molar-refractivity contribution in [1.29, 1.82) is 0 Å². The molecular formula is C14H19NO5. The van der Waals surface area contributed by atoms with Crippen LogP contribution in [-0.2, 0) is 20.7 Å². The number of nitrogens with zero attached hydrogens (tertiary/aromatic N) is 1. The standard InChI is InChI=1S/C14H19NO5/c16-6-9-3-12(18-7-9)8-19-14(17)5-11-4-13(15-20-11)10-1-2-10/h4,9-10,12,16H,1-3,5-8H2. The van der Waals surface area contributed by atoms with Gasteiger partial charge in [-0.3, -0.25) is 4.79 Å². The lowest BCUT2D eigenvalue weighted by Crippen LogP contribution is -2.19. The molecule has 0 amide bonds. The highest BCUT2D eigenvalue weighted by molar-refractivity contribution is 5.71. The number of hydrogen-bond acceptors (Lipinski definition) is 6. The number of esters is 1. The first-order chi connectivity index (χ1) is 9.74. The minimum atomic E-state index is -0.334. The Morgan fingerprint density at radius 1 is 1.50 bits per heavy atom. The van der Waals surface area contributed by atoms with E-state index in [9.17, 15) is 4.79 Å². The first-order valence-corrected chi connectivity index (χ1v) is 7.08. The fourth-order valence-corrected chi connectivity index (χ4v) is 2.39. The van der Waals surface area contributed by atoms with Crippen LogP contribution in [0.5, 0.6) is 0 Å². The van der Waals surface area contributed by atoms with Gasteiger partial charge in [0.1, 0.15) is 18.8 Å². The van der Waals surface area contributed by atoms with Gasteiger partial charge in [-0.2, -0.15) is 0 Å². The quantitative estimate of drug-likeness (QED) is 0.784. The van der Waals surface area contributed by atoms with Gasteiger partial charge in [0.25, 0.3) is 0 Å². The molecule has 6 heteroatoms. The van der Waals surface area contributed by atoms with Crippen LogP contribution in [0.15, 0.2) is 10.6 Å². The van der Waals surface area contributed by atoms with Crippen molar-refractivity contribution < 1.29 is 23.9 Å². The van der Waals surface area contributed by atoms with E-state index in [2.05, 4.69) is 5.16 Å². The highest BCUT2D eigenvalue weighted by atomic mass is 16.6. The average Bonchev–Trinajstić information content (AvgIpc) is 3.02. The lowest BCUT2D eigenvalue weighted by molar-refractivity contribution is -0.146. The molecule has 0 spiro atoms. The van der Waals surface area contributed by atoms with E-state index in [1.807, 2.05) is 6.07 Å². The van der Waals surface area contributed by atoms with E-state index in [1.165, 1.54) is 0 Å². The van der Waals surface area contributed by atoms with E-state index in [1.54, 1.807) is 0 Å². The summed E-state index contributed by atoms with van der Waals surface area (Å²) in [4.78, 5) is 11.7. The highest BCUT2D eigenvalue weighted by Gasteiger charge is 2.28. The maximum absolute atomic E-state index is 11.7. The Hall–Kier alpha value is -1.40. The summed E-state index contributed by atoms with van der Waals surface area (Å²) in [6, 6.07) is 1.84. The smallest absolute Gasteiger partial charge is 0.313 e. The highest BCUT2D eigenvalue weighted by Crippen LogP contribution is 2.39. The monoisotopic (exact) mass is 281 g/mol. The number of carbonyl (C=O) groups is 1. The summed E-state index contributed by atoms with van der Waals surface area (Å²) in [5, 5.41) is 13.0. The molecule has 2 atom stereocenters. The zero-order valence-corrected chi connectivity index (χ0v) is 11.3. The zero-order valence-electron chi connectivity index (χ0n) is 11.3. The second-order valence-corrected chi connectivity index (χ2v) is 5.59. The van der Waals surface area contributed by atoms with Gasteiger partial charge >= 0.3 is 5.97 Å². The van der Waals surface area contributed by atoms with Crippen LogP contribution < -0.4 is 0 Å². The van der Waals surface area contributed by atoms with Crippen molar-refractivity contribution in [2.24, 2.45) is 5.92 Å². The van der Waals surface area contributed by atoms with Crippen molar-refractivity contribution in [1.82, 2.24) is 5.16 Å². The van der Waals surface area contributed by atoms with Crippen molar-refractivity contribution in [2.45, 2.75) is 37.7 Å². The summed E-state index contributed by atoms with van der Waals surface area (Å²) >= 11 is 0. The number of aromatic nitrogens is 1. The van der Waals surface area contributed by atoms with Crippen LogP contribution in [-0.4, -0.2) is 42.2 Å². The third kappa shape index (κ3) is 3.37. The lowest BCUT2D eigenvalue weighted by atomic mass is 10.1. The van der Waals surface area contributed by atoms with Crippen molar-refractivity contribution in [2.75, 3.05) is 19.8 Å². The molecule has 0 bridgehead atoms. The molecule has 0 radical (unpaired) electrons. The molecule has 1 N–H and O–H groups in total. The van der Waals surface area contributed by atoms with Crippen molar-refractivity contribution in [3.8, 4) is 0 Å². The molecule has 0 aromatic carbocycles. The maximum Gasteiger partial charge on any atom is 0.313 e. The Morgan fingerprint density at radius 2 is 2.35 bits per heavy atom. The Balaban J connectivity index is 1.40. The van der Waals surface area contributed by atoms with E-state index in [4.69, 9.17) is 19.1 Å². The molecule has 2 fully saturated rings. The van der Waals surface area contributed by atoms with Gasteiger partial charge in [-0.25, -0.2) is 0 Å². The van der Waals surface area contributed by atoms with Crippen LogP contribution in [0, 0.1) is 5.92 Å². The van der Waals surface area contributed by atoms with E-state index in [0.29, 0.717) is 18.3 Å². The number of ether oxygens (including phenoxy) is 2. The van der Waals surface area contributed by atoms with Gasteiger partial charge in [0.15, 0.2) is 0 Å². The minimum absolute atomic E-state index is 0.104. The SMILES string of the molecule is O=C(Cc1cc(C2CC2)no1)OCC1CC(CO)CO1. The number of rotatable bonds is 6. The van der Waals surface area contributed by atoms with Crippen LogP contribution in [0.1, 0.15) is 36.6 Å². The summed E-state index contributed by atoms with van der Waals surface area (Å²) in [5.74, 6) is 0.900. The van der Waals surface area contributed by atoms with E-state index in [0.717, 1.165) is 25.0 Å². The molecule has 2 aliphatic rings. The van der Waals surface area contributed by atoms with Crippen LogP contribution in [0.2, 0.25) is 0 Å². The molecule has 1 aromatic rings. The summed E-state index contributed by atoms with van der Waals surface area (Å²) in [7, 11) is 0. The van der Waals surface area contributed by atoms with Crippen LogP contribution in [0.25, 0.3) is 0 Å². The summed E-state index contributed by atoms with van der Waals surface area (Å²) in [6.45, 7) is 0.886. The number of aliphatic hydroxyl groups is 1. The Bertz CT molecular complexity index is 468. The fraction of sp³-hybridized carbons (Fsp3) is 0.714. The van der Waals surface area contributed by atoms with Crippen molar-refractivity contribution >= 4 is 5.97 Å². The molecule has 2 heterocycles. The molecule has 3 rings (SSSR count). The summed E-state index contributed by atoms with van der Waals surface area (Å²) < 4.78 is 15.7. The molecule has 2 unspecified atom stereocenters. The van der Waals surface area contributed by atoms with E-state index < -0.39 is 0 Å². The number of carbonyl (C=O) groups excluding carboxylic acids is 1. The van der Waals surface area contributed by atoms with Crippen molar-refractivity contribution in [3.05, 3.63) is 17.5 Å². The first-order valence-electron chi connectivity index (χ1n) is 7.08. The van der Waals surface area contributed by atoms with E-state index >= 15 is 0 Å². The normalized spacial score (nSPS) is 25.9. The third-order valence-electron chi connectivity index (χ3n) is 3.74. The lowest BCUT2D eigenvalue weighted by Gasteiger charge is -2.09. The second kappa shape index (κ2) is 5.93. The molecule has 1 aliphatic carbocycles. The Morgan fingerprint density at radius 3 is 3.05 bits per heavy atom. The second-order valence-electron chi connectivity index (χ2n) is 5.59. The van der Waals surface area contributed by atoms with Gasteiger partial charge in [-0.15, -0.1) is 0 Å². The molecule has 110 valence electrons.